The van der Waals surface area contributed by atoms with Gasteiger partial charge >= 0.3 is 0 Å². The van der Waals surface area contributed by atoms with E-state index in [0.29, 0.717) is 44.4 Å². The molecule has 0 atom stereocenters. The summed E-state index contributed by atoms with van der Waals surface area (Å²) < 4.78 is 0. The predicted octanol–water partition coefficient (Wildman–Crippen LogP) is 8.33. The molecule has 4 aromatic rings. The Morgan fingerprint density at radius 2 is 0.818 bits per heavy atom. The molecule has 6 heteroatoms. The SMILES string of the molecule is CC(C)(C)c1ccc(C(C)(C)C)c(N2C(=O)c3ccc4c5c(ccc(c35)C2=O)C(=O)N(c2ccccc2C(C)(C)C)C4=O)c1. The van der Waals surface area contributed by atoms with Gasteiger partial charge < -0.3 is 0 Å². The van der Waals surface area contributed by atoms with Gasteiger partial charge in [-0.05, 0) is 69.3 Å². The van der Waals surface area contributed by atoms with Gasteiger partial charge in [-0.3, -0.25) is 19.2 Å². The van der Waals surface area contributed by atoms with Crippen molar-refractivity contribution in [1.82, 2.24) is 0 Å². The Morgan fingerprint density at radius 1 is 0.432 bits per heavy atom. The lowest BCUT2D eigenvalue weighted by Gasteiger charge is -2.35. The zero-order valence-corrected chi connectivity index (χ0v) is 26.9. The largest absolute Gasteiger partial charge is 0.268 e. The number of hydrogen-bond donors (Lipinski definition) is 0. The van der Waals surface area contributed by atoms with Crippen molar-refractivity contribution in [3.8, 4) is 0 Å². The fourth-order valence-corrected chi connectivity index (χ4v) is 6.43. The first-order chi connectivity index (χ1) is 20.4. The van der Waals surface area contributed by atoms with Crippen LogP contribution in [0, 0.1) is 0 Å². The van der Waals surface area contributed by atoms with Crippen LogP contribution in [-0.4, -0.2) is 23.6 Å². The number of benzene rings is 4. The number of hydrogen-bond acceptors (Lipinski definition) is 4. The maximum Gasteiger partial charge on any atom is 0.265 e. The van der Waals surface area contributed by atoms with E-state index in [0.717, 1.165) is 16.7 Å². The van der Waals surface area contributed by atoms with Crippen LogP contribution in [0.3, 0.4) is 0 Å². The Labute approximate surface area is 258 Å². The summed E-state index contributed by atoms with van der Waals surface area (Å²) in [5.41, 5.74) is 4.14. The van der Waals surface area contributed by atoms with Gasteiger partial charge in [-0.25, -0.2) is 9.80 Å². The molecule has 4 amide bonds. The molecule has 2 aliphatic rings. The zero-order valence-electron chi connectivity index (χ0n) is 26.9. The molecule has 0 aliphatic carbocycles. The minimum Gasteiger partial charge on any atom is -0.268 e. The molecule has 4 aromatic carbocycles. The average molecular weight is 587 g/mol. The first kappa shape index (κ1) is 29.5. The Morgan fingerprint density at radius 3 is 1.23 bits per heavy atom. The van der Waals surface area contributed by atoms with Crippen molar-refractivity contribution in [2.45, 2.75) is 78.6 Å². The number of amides is 4. The Kier molecular flexibility index (Phi) is 6.34. The third-order valence-electron chi connectivity index (χ3n) is 8.76. The van der Waals surface area contributed by atoms with Crippen LogP contribution in [0.5, 0.6) is 0 Å². The normalized spacial score (nSPS) is 15.5. The highest BCUT2D eigenvalue weighted by Crippen LogP contribution is 2.44. The lowest BCUT2D eigenvalue weighted by molar-refractivity contribution is 0.0872. The molecule has 44 heavy (non-hydrogen) atoms. The molecular weight excluding hydrogens is 548 g/mol. The first-order valence-corrected chi connectivity index (χ1v) is 15.0. The number of para-hydroxylation sites is 1. The van der Waals surface area contributed by atoms with Gasteiger partial charge in [0.2, 0.25) is 0 Å². The highest BCUT2D eigenvalue weighted by atomic mass is 16.2. The Balaban J connectivity index is 1.55. The van der Waals surface area contributed by atoms with E-state index in [-0.39, 0.29) is 16.2 Å². The molecule has 6 nitrogen and oxygen atoms in total. The van der Waals surface area contributed by atoms with Gasteiger partial charge in [-0.1, -0.05) is 92.6 Å². The van der Waals surface area contributed by atoms with E-state index in [1.807, 2.05) is 51.1 Å². The van der Waals surface area contributed by atoms with E-state index in [9.17, 15) is 19.2 Å². The molecule has 0 saturated heterocycles. The summed E-state index contributed by atoms with van der Waals surface area (Å²) in [6.07, 6.45) is 0. The Hall–Kier alpha value is -4.58. The molecule has 0 bridgehead atoms. The van der Waals surface area contributed by atoms with Crippen LogP contribution in [-0.2, 0) is 16.2 Å². The molecule has 0 fully saturated rings. The van der Waals surface area contributed by atoms with Crippen molar-refractivity contribution in [1.29, 1.82) is 0 Å². The molecule has 6 rings (SSSR count). The van der Waals surface area contributed by atoms with Crippen molar-refractivity contribution >= 4 is 45.8 Å². The maximum absolute atomic E-state index is 14.3. The van der Waals surface area contributed by atoms with E-state index in [4.69, 9.17) is 0 Å². The van der Waals surface area contributed by atoms with E-state index in [1.54, 1.807) is 30.3 Å². The van der Waals surface area contributed by atoms with Gasteiger partial charge in [0, 0.05) is 33.0 Å². The van der Waals surface area contributed by atoms with E-state index >= 15 is 0 Å². The van der Waals surface area contributed by atoms with E-state index in [1.165, 1.54) is 9.80 Å². The van der Waals surface area contributed by atoms with Crippen LogP contribution in [0.4, 0.5) is 11.4 Å². The molecular formula is C38H38N2O4. The standard InChI is InChI=1S/C38H38N2O4/c1-36(2,3)21-14-19-27(38(7,8)9)29(20-21)40-34(43)24-17-15-22-30-23(16-18-25(31(24)30)35(40)44)33(42)39(32(22)41)28-13-11-10-12-26(28)37(4,5)6/h10-20H,1-9H3. The molecule has 0 unspecified atom stereocenters. The lowest BCUT2D eigenvalue weighted by atomic mass is 9.80. The van der Waals surface area contributed by atoms with Crippen molar-refractivity contribution in [3.05, 3.63) is 106 Å². The summed E-state index contributed by atoms with van der Waals surface area (Å²) >= 11 is 0. The minimum atomic E-state index is -0.474. The van der Waals surface area contributed by atoms with E-state index < -0.39 is 23.6 Å². The molecule has 0 saturated carbocycles. The number of rotatable bonds is 2. The molecule has 0 spiro atoms. The van der Waals surface area contributed by atoms with Crippen LogP contribution in [0.2, 0.25) is 0 Å². The molecule has 224 valence electrons. The molecule has 2 heterocycles. The van der Waals surface area contributed by atoms with Gasteiger partial charge in [0.15, 0.2) is 0 Å². The molecule has 0 radical (unpaired) electrons. The Bertz CT molecular complexity index is 1880. The summed E-state index contributed by atoms with van der Waals surface area (Å²) in [6.45, 7) is 18.6. The van der Waals surface area contributed by atoms with Crippen molar-refractivity contribution < 1.29 is 19.2 Å². The van der Waals surface area contributed by atoms with Gasteiger partial charge in [-0.2, -0.15) is 0 Å². The topological polar surface area (TPSA) is 74.8 Å². The van der Waals surface area contributed by atoms with Crippen LogP contribution < -0.4 is 9.80 Å². The number of carbonyl (C=O) groups excluding carboxylic acids is 4. The second kappa shape index (κ2) is 9.46. The summed E-state index contributed by atoms with van der Waals surface area (Å²) in [5, 5.41) is 0.723. The highest BCUT2D eigenvalue weighted by molar-refractivity contribution is 6.42. The van der Waals surface area contributed by atoms with Crippen molar-refractivity contribution in [2.24, 2.45) is 0 Å². The third kappa shape index (κ3) is 4.30. The van der Waals surface area contributed by atoms with Gasteiger partial charge in [0.1, 0.15) is 0 Å². The summed E-state index contributed by atoms with van der Waals surface area (Å²) in [5.74, 6) is -1.89. The molecule has 0 N–H and O–H groups in total. The van der Waals surface area contributed by atoms with Crippen LogP contribution in [0.25, 0.3) is 10.8 Å². The number of nitrogens with zero attached hydrogens (tertiary/aromatic N) is 2. The van der Waals surface area contributed by atoms with Crippen molar-refractivity contribution in [2.75, 3.05) is 9.80 Å². The summed E-state index contributed by atoms with van der Waals surface area (Å²) in [6, 6.07) is 19.9. The molecule has 2 aliphatic heterocycles. The minimum absolute atomic E-state index is 0.204. The first-order valence-electron chi connectivity index (χ1n) is 15.0. The quantitative estimate of drug-likeness (QED) is 0.221. The second-order valence-corrected chi connectivity index (χ2v) is 15.0. The fraction of sp³-hybridized carbons (Fsp3) is 0.316. The monoisotopic (exact) mass is 586 g/mol. The van der Waals surface area contributed by atoms with Gasteiger partial charge in [-0.15, -0.1) is 0 Å². The van der Waals surface area contributed by atoms with E-state index in [2.05, 4.69) is 47.6 Å². The molecule has 0 aromatic heterocycles. The van der Waals surface area contributed by atoms with Gasteiger partial charge in [0.25, 0.3) is 23.6 Å². The third-order valence-corrected chi connectivity index (χ3v) is 8.76. The van der Waals surface area contributed by atoms with Crippen molar-refractivity contribution in [3.63, 3.8) is 0 Å². The van der Waals surface area contributed by atoms with Crippen LogP contribution in [0.1, 0.15) is 120 Å². The highest BCUT2D eigenvalue weighted by Gasteiger charge is 2.42. The van der Waals surface area contributed by atoms with Crippen LogP contribution in [0.15, 0.2) is 66.7 Å². The average Bonchev–Trinajstić information content (AvgIpc) is 2.93. The smallest absolute Gasteiger partial charge is 0.265 e. The lowest BCUT2D eigenvalue weighted by Crippen LogP contribution is -2.44. The fourth-order valence-electron chi connectivity index (χ4n) is 6.43. The number of anilines is 2. The predicted molar refractivity (Wildman–Crippen MR) is 175 cm³/mol. The zero-order chi connectivity index (χ0) is 32.1. The van der Waals surface area contributed by atoms with Crippen LogP contribution >= 0.6 is 0 Å². The number of carbonyl (C=O) groups is 4. The summed E-state index contributed by atoms with van der Waals surface area (Å²) in [7, 11) is 0. The maximum atomic E-state index is 14.3. The van der Waals surface area contributed by atoms with Gasteiger partial charge in [0.05, 0.1) is 11.4 Å². The summed E-state index contributed by atoms with van der Waals surface area (Å²) in [4.78, 5) is 59.3. The number of imide groups is 2. The second-order valence-electron chi connectivity index (χ2n) is 15.0.